The van der Waals surface area contributed by atoms with Crippen molar-refractivity contribution in [3.8, 4) is 0 Å². The molecule has 1 fully saturated rings. The Morgan fingerprint density at radius 1 is 1.00 bits per heavy atom. The molecular formula is C22H32N4O4. The highest BCUT2D eigenvalue weighted by Crippen LogP contribution is 2.33. The molecule has 1 aromatic heterocycles. The van der Waals surface area contributed by atoms with Gasteiger partial charge in [-0.2, -0.15) is 9.78 Å². The second-order valence-corrected chi connectivity index (χ2v) is 9.82. The number of piperidine rings is 1. The summed E-state index contributed by atoms with van der Waals surface area (Å²) in [7, 11) is 0. The molecule has 8 heteroatoms. The Hall–Kier alpha value is -2.77. The topological polar surface area (TPSA) is 99.7 Å². The van der Waals surface area contributed by atoms with Gasteiger partial charge >= 0.3 is 12.2 Å². The zero-order valence-corrected chi connectivity index (χ0v) is 18.7. The van der Waals surface area contributed by atoms with Gasteiger partial charge in [0.25, 0.3) is 0 Å². The molecule has 0 spiro atoms. The molecule has 3 rings (SSSR count). The highest BCUT2D eigenvalue weighted by molar-refractivity contribution is 5.95. The fourth-order valence-corrected chi connectivity index (χ4v) is 3.58. The number of benzene rings is 1. The number of fused-ring (bicyclic) bond motifs is 1. The Labute approximate surface area is 177 Å². The van der Waals surface area contributed by atoms with Gasteiger partial charge in [0.1, 0.15) is 11.2 Å². The first-order chi connectivity index (χ1) is 13.8. The second kappa shape index (κ2) is 7.81. The molecule has 0 unspecified atom stereocenters. The van der Waals surface area contributed by atoms with Crippen LogP contribution in [-0.2, 0) is 9.47 Å². The molecule has 1 aliphatic heterocycles. The van der Waals surface area contributed by atoms with Crippen LogP contribution in [0.25, 0.3) is 10.9 Å². The van der Waals surface area contributed by atoms with E-state index in [1.807, 2.05) is 53.7 Å². The summed E-state index contributed by atoms with van der Waals surface area (Å²) >= 11 is 0. The fraction of sp³-hybridized carbons (Fsp3) is 0.591. The Morgan fingerprint density at radius 2 is 1.57 bits per heavy atom. The van der Waals surface area contributed by atoms with Gasteiger partial charge < -0.3 is 20.1 Å². The highest BCUT2D eigenvalue weighted by atomic mass is 16.6. The van der Waals surface area contributed by atoms with Crippen LogP contribution in [0.4, 0.5) is 15.3 Å². The molecule has 2 heterocycles. The number of carbonyl (C=O) groups is 2. The van der Waals surface area contributed by atoms with E-state index in [9.17, 15) is 9.59 Å². The number of nitrogens with zero attached hydrogens (tertiary/aromatic N) is 3. The summed E-state index contributed by atoms with van der Waals surface area (Å²) in [6.07, 6.45) is 2.37. The number of likely N-dealkylation sites (tertiary alicyclic amines) is 1. The maximum atomic E-state index is 12.5. The number of rotatable bonds is 1. The summed E-state index contributed by atoms with van der Waals surface area (Å²) in [5.74, 6) is 0.234. The Balaban J connectivity index is 1.78. The monoisotopic (exact) mass is 416 g/mol. The summed E-state index contributed by atoms with van der Waals surface area (Å²) in [6, 6.07) is 3.90. The summed E-state index contributed by atoms with van der Waals surface area (Å²) in [6.45, 7) is 12.3. The molecule has 1 aliphatic rings. The number of nitrogen functional groups attached to an aromatic ring is 1. The van der Waals surface area contributed by atoms with Crippen LogP contribution in [-0.4, -0.2) is 51.2 Å². The molecule has 164 valence electrons. The van der Waals surface area contributed by atoms with Gasteiger partial charge in [-0.1, -0.05) is 0 Å². The lowest BCUT2D eigenvalue weighted by atomic mass is 9.88. The van der Waals surface area contributed by atoms with E-state index in [4.69, 9.17) is 15.2 Å². The van der Waals surface area contributed by atoms with Crippen LogP contribution in [0.15, 0.2) is 18.3 Å². The highest BCUT2D eigenvalue weighted by Gasteiger charge is 2.28. The van der Waals surface area contributed by atoms with E-state index >= 15 is 0 Å². The number of amides is 1. The van der Waals surface area contributed by atoms with Crippen molar-refractivity contribution < 1.29 is 19.1 Å². The molecule has 8 nitrogen and oxygen atoms in total. The third-order valence-electron chi connectivity index (χ3n) is 4.93. The molecule has 0 atom stereocenters. The SMILES string of the molecule is CC(C)(C)OC(=O)N1CCC(c2cc(N)c3cnn(C(=O)OC(C)(C)C)c3c2)CC1. The van der Waals surface area contributed by atoms with Crippen molar-refractivity contribution in [3.63, 3.8) is 0 Å². The first-order valence-corrected chi connectivity index (χ1v) is 10.3. The number of ether oxygens (including phenoxy) is 2. The van der Waals surface area contributed by atoms with Gasteiger partial charge in [-0.05, 0) is 78.0 Å². The third kappa shape index (κ3) is 5.04. The number of anilines is 1. The number of nitrogens with two attached hydrogens (primary N) is 1. The average Bonchev–Trinajstić information content (AvgIpc) is 3.03. The Morgan fingerprint density at radius 3 is 2.13 bits per heavy atom. The van der Waals surface area contributed by atoms with Gasteiger partial charge in [0, 0.05) is 24.2 Å². The first-order valence-electron chi connectivity index (χ1n) is 10.3. The van der Waals surface area contributed by atoms with Crippen molar-refractivity contribution in [2.24, 2.45) is 0 Å². The molecule has 1 saturated heterocycles. The van der Waals surface area contributed by atoms with Crippen molar-refractivity contribution >= 4 is 28.8 Å². The maximum Gasteiger partial charge on any atom is 0.435 e. The zero-order chi connectivity index (χ0) is 22.3. The van der Waals surface area contributed by atoms with E-state index in [1.54, 1.807) is 11.1 Å². The van der Waals surface area contributed by atoms with E-state index in [1.165, 1.54) is 4.68 Å². The van der Waals surface area contributed by atoms with E-state index < -0.39 is 17.3 Å². The molecule has 0 radical (unpaired) electrons. The minimum atomic E-state index is -0.618. The summed E-state index contributed by atoms with van der Waals surface area (Å²) in [5.41, 5.74) is 7.38. The number of hydrogen-bond donors (Lipinski definition) is 1. The molecule has 0 aliphatic carbocycles. The minimum absolute atomic E-state index is 0.234. The second-order valence-electron chi connectivity index (χ2n) is 9.82. The van der Waals surface area contributed by atoms with Gasteiger partial charge in [0.15, 0.2) is 0 Å². The van der Waals surface area contributed by atoms with Gasteiger partial charge in [-0.3, -0.25) is 0 Å². The van der Waals surface area contributed by atoms with Crippen LogP contribution in [0.5, 0.6) is 0 Å². The van der Waals surface area contributed by atoms with Gasteiger partial charge in [0.05, 0.1) is 11.7 Å². The lowest BCUT2D eigenvalue weighted by molar-refractivity contribution is 0.0204. The van der Waals surface area contributed by atoms with Crippen LogP contribution in [0.2, 0.25) is 0 Å². The fourth-order valence-electron chi connectivity index (χ4n) is 3.58. The van der Waals surface area contributed by atoms with Crippen molar-refractivity contribution in [1.29, 1.82) is 0 Å². The molecular weight excluding hydrogens is 384 g/mol. The van der Waals surface area contributed by atoms with Crippen molar-refractivity contribution in [2.45, 2.75) is 71.5 Å². The van der Waals surface area contributed by atoms with E-state index in [-0.39, 0.29) is 12.0 Å². The molecule has 2 N–H and O–H groups in total. The quantitative estimate of drug-likeness (QED) is 0.686. The molecule has 2 aromatic rings. The van der Waals surface area contributed by atoms with Crippen LogP contribution in [0.3, 0.4) is 0 Å². The zero-order valence-electron chi connectivity index (χ0n) is 18.7. The van der Waals surface area contributed by atoms with Crippen LogP contribution >= 0.6 is 0 Å². The third-order valence-corrected chi connectivity index (χ3v) is 4.93. The summed E-state index contributed by atoms with van der Waals surface area (Å²) < 4.78 is 12.2. The molecule has 0 bridgehead atoms. The average molecular weight is 417 g/mol. The Bertz CT molecular complexity index is 944. The summed E-state index contributed by atoms with van der Waals surface area (Å²) in [4.78, 5) is 26.6. The van der Waals surface area contributed by atoms with Gasteiger partial charge in [-0.25, -0.2) is 9.59 Å². The van der Waals surface area contributed by atoms with Gasteiger partial charge in [0.2, 0.25) is 0 Å². The first kappa shape index (κ1) is 21.9. The standard InChI is InChI=1S/C22H32N4O4/c1-21(2,3)29-19(27)25-9-7-14(8-10-25)15-11-17(23)16-13-24-26(18(16)12-15)20(28)30-22(4,5)6/h11-14H,7-10,23H2,1-6H3. The summed E-state index contributed by atoms with van der Waals surface area (Å²) in [5, 5.41) is 4.91. The molecule has 30 heavy (non-hydrogen) atoms. The van der Waals surface area contributed by atoms with E-state index in [2.05, 4.69) is 5.10 Å². The number of hydrogen-bond acceptors (Lipinski definition) is 6. The van der Waals surface area contributed by atoms with E-state index in [0.29, 0.717) is 24.3 Å². The Kier molecular flexibility index (Phi) is 5.71. The maximum absolute atomic E-state index is 12.5. The van der Waals surface area contributed by atoms with Crippen LogP contribution in [0, 0.1) is 0 Å². The van der Waals surface area contributed by atoms with E-state index in [0.717, 1.165) is 23.8 Å². The number of carbonyl (C=O) groups excluding carboxylic acids is 2. The van der Waals surface area contributed by atoms with Crippen molar-refractivity contribution in [3.05, 3.63) is 23.9 Å². The normalized spacial score (nSPS) is 16.0. The van der Waals surface area contributed by atoms with Crippen molar-refractivity contribution in [1.82, 2.24) is 14.7 Å². The van der Waals surface area contributed by atoms with Crippen LogP contribution < -0.4 is 5.73 Å². The minimum Gasteiger partial charge on any atom is -0.444 e. The molecule has 1 amide bonds. The van der Waals surface area contributed by atoms with Crippen LogP contribution in [0.1, 0.15) is 65.9 Å². The van der Waals surface area contributed by atoms with Gasteiger partial charge in [-0.15, -0.1) is 0 Å². The smallest absolute Gasteiger partial charge is 0.435 e. The van der Waals surface area contributed by atoms with Crippen molar-refractivity contribution in [2.75, 3.05) is 18.8 Å². The largest absolute Gasteiger partial charge is 0.444 e. The molecule has 0 saturated carbocycles. The molecule has 1 aromatic carbocycles. The number of aromatic nitrogens is 2. The lowest BCUT2D eigenvalue weighted by Crippen LogP contribution is -2.41. The lowest BCUT2D eigenvalue weighted by Gasteiger charge is -2.33. The predicted molar refractivity (Wildman–Crippen MR) is 116 cm³/mol. The predicted octanol–water partition coefficient (Wildman–Crippen LogP) is 4.52.